The average molecular weight is 227 g/mol. The van der Waals surface area contributed by atoms with Gasteiger partial charge in [-0.1, -0.05) is 57.2 Å². The van der Waals surface area contributed by atoms with Crippen molar-refractivity contribution in [3.05, 3.63) is 66.0 Å². The van der Waals surface area contributed by atoms with Gasteiger partial charge in [0, 0.05) is 11.9 Å². The van der Waals surface area contributed by atoms with E-state index in [1.807, 2.05) is 30.5 Å². The summed E-state index contributed by atoms with van der Waals surface area (Å²) in [6.07, 6.45) is 2.97. The molecule has 1 heteroatoms. The fraction of sp³-hybridized carbons (Fsp3) is 0.312. The Bertz CT molecular complexity index is 392. The first-order chi connectivity index (χ1) is 8.24. The monoisotopic (exact) mass is 227 g/mol. The quantitative estimate of drug-likeness (QED) is 0.738. The summed E-state index contributed by atoms with van der Waals surface area (Å²) in [6.45, 7) is 6.44. The molecule has 1 aromatic carbocycles. The lowest BCUT2D eigenvalue weighted by atomic mass is 10.1. The highest BCUT2D eigenvalue weighted by atomic mass is 14.7. The van der Waals surface area contributed by atoms with Crippen LogP contribution in [0, 0.1) is 0 Å². The highest BCUT2D eigenvalue weighted by Gasteiger charge is 1.95. The third-order valence-electron chi connectivity index (χ3n) is 2.53. The number of benzene rings is 1. The predicted molar refractivity (Wildman–Crippen MR) is 74.1 cm³/mol. The molecular formula is C16H21N. The second kappa shape index (κ2) is 7.61. The van der Waals surface area contributed by atoms with Gasteiger partial charge < -0.3 is 0 Å². The highest BCUT2D eigenvalue weighted by molar-refractivity contribution is 5.13. The third-order valence-corrected chi connectivity index (χ3v) is 2.53. The summed E-state index contributed by atoms with van der Waals surface area (Å²) in [7, 11) is 0. The Balaban J connectivity index is 0.000000171. The normalized spacial score (nSPS) is 9.65. The molecule has 0 bridgehead atoms. The summed E-state index contributed by atoms with van der Waals surface area (Å²) < 4.78 is 0. The molecule has 0 saturated carbocycles. The van der Waals surface area contributed by atoms with E-state index >= 15 is 0 Å². The van der Waals surface area contributed by atoms with Crippen molar-refractivity contribution in [2.24, 2.45) is 0 Å². The molecule has 0 unspecified atom stereocenters. The number of pyridine rings is 1. The zero-order chi connectivity index (χ0) is 12.5. The van der Waals surface area contributed by atoms with E-state index in [1.54, 1.807) is 0 Å². The summed E-state index contributed by atoms with van der Waals surface area (Å²) in [5.41, 5.74) is 2.57. The van der Waals surface area contributed by atoms with Crippen molar-refractivity contribution in [3.8, 4) is 0 Å². The van der Waals surface area contributed by atoms with Crippen LogP contribution in [0.15, 0.2) is 54.7 Å². The maximum absolute atomic E-state index is 4.18. The van der Waals surface area contributed by atoms with Gasteiger partial charge in [-0.2, -0.15) is 0 Å². The van der Waals surface area contributed by atoms with Crippen LogP contribution in [0.3, 0.4) is 0 Å². The maximum Gasteiger partial charge on any atom is 0.0428 e. The second-order valence-electron chi connectivity index (χ2n) is 4.25. The molecule has 17 heavy (non-hydrogen) atoms. The van der Waals surface area contributed by atoms with E-state index in [9.17, 15) is 0 Å². The van der Waals surface area contributed by atoms with E-state index in [-0.39, 0.29) is 0 Å². The topological polar surface area (TPSA) is 12.9 Å². The Hall–Kier alpha value is -1.63. The molecule has 90 valence electrons. The first-order valence-corrected chi connectivity index (χ1v) is 6.19. The van der Waals surface area contributed by atoms with Gasteiger partial charge in [0.05, 0.1) is 0 Å². The molecule has 0 amide bonds. The van der Waals surface area contributed by atoms with Crippen molar-refractivity contribution < 1.29 is 0 Å². The zero-order valence-electron chi connectivity index (χ0n) is 10.9. The van der Waals surface area contributed by atoms with Gasteiger partial charge in [0.25, 0.3) is 0 Å². The molecule has 0 N–H and O–H groups in total. The van der Waals surface area contributed by atoms with Gasteiger partial charge in [-0.15, -0.1) is 0 Å². The number of aromatic nitrogens is 1. The minimum atomic E-state index is 0.547. The van der Waals surface area contributed by atoms with Crippen LogP contribution in [0.25, 0.3) is 0 Å². The third kappa shape index (κ3) is 5.30. The van der Waals surface area contributed by atoms with Gasteiger partial charge in [0.2, 0.25) is 0 Å². The van der Waals surface area contributed by atoms with Crippen LogP contribution in [0.2, 0.25) is 0 Å². The molecular weight excluding hydrogens is 206 g/mol. The summed E-state index contributed by atoms with van der Waals surface area (Å²) in [6, 6.07) is 16.5. The van der Waals surface area contributed by atoms with Crippen LogP contribution in [0.1, 0.15) is 37.9 Å². The van der Waals surface area contributed by atoms with Crippen molar-refractivity contribution in [1.82, 2.24) is 4.98 Å². The zero-order valence-corrected chi connectivity index (χ0v) is 10.9. The minimum absolute atomic E-state index is 0.547. The summed E-state index contributed by atoms with van der Waals surface area (Å²) in [5, 5.41) is 0. The molecule has 0 radical (unpaired) electrons. The summed E-state index contributed by atoms with van der Waals surface area (Å²) in [4.78, 5) is 4.18. The largest absolute Gasteiger partial charge is 0.261 e. The fourth-order valence-corrected chi connectivity index (χ4v) is 1.43. The van der Waals surface area contributed by atoms with Crippen molar-refractivity contribution in [3.63, 3.8) is 0 Å². The number of aryl methyl sites for hydroxylation is 1. The number of nitrogens with zero attached hydrogens (tertiary/aromatic N) is 1. The minimum Gasteiger partial charge on any atom is -0.261 e. The van der Waals surface area contributed by atoms with Crippen LogP contribution >= 0.6 is 0 Å². The van der Waals surface area contributed by atoms with Crippen molar-refractivity contribution >= 4 is 0 Å². The lowest BCUT2D eigenvalue weighted by Crippen LogP contribution is -1.88. The van der Waals surface area contributed by atoms with Crippen LogP contribution < -0.4 is 0 Å². The molecule has 0 aliphatic heterocycles. The lowest BCUT2D eigenvalue weighted by molar-refractivity contribution is 0.823. The molecule has 0 aliphatic carbocycles. The van der Waals surface area contributed by atoms with E-state index in [2.05, 4.69) is 50.0 Å². The van der Waals surface area contributed by atoms with Gasteiger partial charge >= 0.3 is 0 Å². The Kier molecular flexibility index (Phi) is 6.02. The summed E-state index contributed by atoms with van der Waals surface area (Å²) >= 11 is 0. The SMILES string of the molecule is CC(C)c1ccccn1.CCc1ccccc1. The molecule has 0 aliphatic rings. The predicted octanol–water partition coefficient (Wildman–Crippen LogP) is 4.45. The van der Waals surface area contributed by atoms with Gasteiger partial charge in [-0.25, -0.2) is 0 Å². The van der Waals surface area contributed by atoms with E-state index in [4.69, 9.17) is 0 Å². The van der Waals surface area contributed by atoms with Crippen molar-refractivity contribution in [2.45, 2.75) is 33.1 Å². The molecule has 1 nitrogen and oxygen atoms in total. The van der Waals surface area contributed by atoms with E-state index in [0.29, 0.717) is 5.92 Å². The molecule has 2 rings (SSSR count). The Morgan fingerprint density at radius 2 is 1.59 bits per heavy atom. The molecule has 1 aromatic heterocycles. The fourth-order valence-electron chi connectivity index (χ4n) is 1.43. The van der Waals surface area contributed by atoms with Gasteiger partial charge in [0.1, 0.15) is 0 Å². The van der Waals surface area contributed by atoms with Crippen LogP contribution in [0.5, 0.6) is 0 Å². The van der Waals surface area contributed by atoms with Gasteiger partial charge in [0.15, 0.2) is 0 Å². The van der Waals surface area contributed by atoms with E-state index in [1.165, 1.54) is 5.56 Å². The Labute approximate surface area is 105 Å². The van der Waals surface area contributed by atoms with Crippen LogP contribution in [0.4, 0.5) is 0 Å². The molecule has 0 fully saturated rings. The average Bonchev–Trinajstić information content (AvgIpc) is 2.41. The van der Waals surface area contributed by atoms with E-state index in [0.717, 1.165) is 12.1 Å². The molecule has 0 atom stereocenters. The summed E-state index contributed by atoms with van der Waals surface area (Å²) in [5.74, 6) is 0.547. The number of hydrogen-bond donors (Lipinski definition) is 0. The van der Waals surface area contributed by atoms with Crippen LogP contribution in [-0.2, 0) is 6.42 Å². The number of hydrogen-bond acceptors (Lipinski definition) is 1. The Morgan fingerprint density at radius 3 is 1.94 bits per heavy atom. The second-order valence-corrected chi connectivity index (χ2v) is 4.25. The van der Waals surface area contributed by atoms with Crippen molar-refractivity contribution in [1.29, 1.82) is 0 Å². The molecule has 2 aromatic rings. The Morgan fingerprint density at radius 1 is 0.941 bits per heavy atom. The molecule has 0 spiro atoms. The lowest BCUT2D eigenvalue weighted by Gasteiger charge is -2.00. The highest BCUT2D eigenvalue weighted by Crippen LogP contribution is 2.08. The standard InChI is InChI=1S/C8H11N.C8H10/c1-7(2)8-5-3-4-6-9-8;1-2-8-6-4-3-5-7-8/h3-7H,1-2H3;3-7H,2H2,1H3. The number of rotatable bonds is 2. The molecule has 0 saturated heterocycles. The molecule has 1 heterocycles. The maximum atomic E-state index is 4.18. The van der Waals surface area contributed by atoms with Crippen molar-refractivity contribution in [2.75, 3.05) is 0 Å². The van der Waals surface area contributed by atoms with Gasteiger partial charge in [-0.3, -0.25) is 4.98 Å². The van der Waals surface area contributed by atoms with Crippen LogP contribution in [-0.4, -0.2) is 4.98 Å². The first-order valence-electron chi connectivity index (χ1n) is 6.19. The van der Waals surface area contributed by atoms with Gasteiger partial charge in [-0.05, 0) is 30.0 Å². The smallest absolute Gasteiger partial charge is 0.0428 e. The first kappa shape index (κ1) is 13.4. The van der Waals surface area contributed by atoms with E-state index < -0.39 is 0 Å².